The third-order valence-corrected chi connectivity index (χ3v) is 6.43. The Kier molecular flexibility index (Phi) is 5.68. The van der Waals surface area contributed by atoms with Gasteiger partial charge in [-0.25, -0.2) is 0 Å². The Morgan fingerprint density at radius 3 is 2.67 bits per heavy atom. The molecule has 1 saturated heterocycles. The lowest BCUT2D eigenvalue weighted by Gasteiger charge is -2.33. The average molecular weight is 317 g/mol. The Bertz CT molecular complexity index is 436. The summed E-state index contributed by atoms with van der Waals surface area (Å²) in [7, 11) is -3.32. The zero-order chi connectivity index (χ0) is 15.5. The smallest absolute Gasteiger partial charge is 0.279 e. The van der Waals surface area contributed by atoms with Gasteiger partial charge >= 0.3 is 0 Å². The predicted octanol–water partition coefficient (Wildman–Crippen LogP) is 1.72. The molecule has 1 aliphatic carbocycles. The van der Waals surface area contributed by atoms with Gasteiger partial charge in [0, 0.05) is 19.1 Å². The number of rotatable bonds is 6. The molecule has 0 aromatic rings. The van der Waals surface area contributed by atoms with E-state index >= 15 is 0 Å². The number of hydrogen-bond acceptors (Lipinski definition) is 3. The SMILES string of the molecule is CCNCC1CCCN(S(=O)(=O)NC2CCC(C)(C)C2)C1. The van der Waals surface area contributed by atoms with Gasteiger partial charge in [0.2, 0.25) is 0 Å². The lowest BCUT2D eigenvalue weighted by molar-refractivity contribution is 0.257. The highest BCUT2D eigenvalue weighted by Crippen LogP contribution is 2.37. The third kappa shape index (κ3) is 4.91. The van der Waals surface area contributed by atoms with Crippen molar-refractivity contribution >= 4 is 10.2 Å². The summed E-state index contributed by atoms with van der Waals surface area (Å²) in [6.45, 7) is 9.69. The van der Waals surface area contributed by atoms with Crippen molar-refractivity contribution in [1.29, 1.82) is 0 Å². The lowest BCUT2D eigenvalue weighted by atomic mass is 9.92. The number of hydrogen-bond donors (Lipinski definition) is 2. The molecule has 0 aromatic heterocycles. The Labute approximate surface area is 130 Å². The van der Waals surface area contributed by atoms with Crippen LogP contribution in [0.3, 0.4) is 0 Å². The van der Waals surface area contributed by atoms with Crippen LogP contribution in [0.25, 0.3) is 0 Å². The fourth-order valence-electron chi connectivity index (χ4n) is 3.58. The molecule has 124 valence electrons. The van der Waals surface area contributed by atoms with Crippen molar-refractivity contribution in [2.45, 2.75) is 58.9 Å². The van der Waals surface area contributed by atoms with E-state index < -0.39 is 10.2 Å². The van der Waals surface area contributed by atoms with Crippen molar-refractivity contribution in [2.24, 2.45) is 11.3 Å². The van der Waals surface area contributed by atoms with E-state index in [1.165, 1.54) is 0 Å². The molecule has 0 aromatic carbocycles. The molecule has 2 atom stereocenters. The standard InChI is InChI=1S/C15H31N3O2S/c1-4-16-11-13-6-5-9-18(12-13)21(19,20)17-14-7-8-15(2,3)10-14/h13-14,16-17H,4-12H2,1-3H3. The second kappa shape index (κ2) is 6.94. The average Bonchev–Trinajstić information content (AvgIpc) is 2.75. The zero-order valence-electron chi connectivity index (χ0n) is 13.7. The molecular weight excluding hydrogens is 286 g/mol. The van der Waals surface area contributed by atoms with Crippen LogP contribution in [0.15, 0.2) is 0 Å². The van der Waals surface area contributed by atoms with Crippen molar-refractivity contribution in [3.63, 3.8) is 0 Å². The number of piperidine rings is 1. The Balaban J connectivity index is 1.89. The first-order valence-corrected chi connectivity index (χ1v) is 9.74. The van der Waals surface area contributed by atoms with Crippen molar-refractivity contribution in [2.75, 3.05) is 26.2 Å². The maximum atomic E-state index is 12.6. The van der Waals surface area contributed by atoms with E-state index in [-0.39, 0.29) is 11.5 Å². The van der Waals surface area contributed by atoms with Crippen LogP contribution in [0.1, 0.15) is 52.9 Å². The van der Waals surface area contributed by atoms with E-state index in [4.69, 9.17) is 0 Å². The molecule has 0 amide bonds. The van der Waals surface area contributed by atoms with Crippen LogP contribution in [-0.2, 0) is 10.2 Å². The second-order valence-corrected chi connectivity index (χ2v) is 9.10. The molecule has 0 bridgehead atoms. The van der Waals surface area contributed by atoms with E-state index in [0.717, 1.165) is 45.2 Å². The van der Waals surface area contributed by atoms with Gasteiger partial charge in [-0.15, -0.1) is 0 Å². The maximum absolute atomic E-state index is 12.6. The van der Waals surface area contributed by atoms with Gasteiger partial charge in [-0.3, -0.25) is 0 Å². The zero-order valence-corrected chi connectivity index (χ0v) is 14.5. The summed E-state index contributed by atoms with van der Waals surface area (Å²) in [5, 5.41) is 3.33. The Hall–Kier alpha value is -0.170. The molecule has 1 saturated carbocycles. The van der Waals surface area contributed by atoms with Gasteiger partial charge in [0.15, 0.2) is 0 Å². The van der Waals surface area contributed by atoms with E-state index in [9.17, 15) is 8.42 Å². The summed E-state index contributed by atoms with van der Waals surface area (Å²) in [6, 6.07) is 0.110. The van der Waals surface area contributed by atoms with Crippen LogP contribution in [0, 0.1) is 11.3 Å². The fourth-order valence-corrected chi connectivity index (χ4v) is 5.13. The Morgan fingerprint density at radius 2 is 2.05 bits per heavy atom. The van der Waals surface area contributed by atoms with Gasteiger partial charge in [-0.2, -0.15) is 17.4 Å². The van der Waals surface area contributed by atoms with Crippen LogP contribution in [0.2, 0.25) is 0 Å². The summed E-state index contributed by atoms with van der Waals surface area (Å²) in [4.78, 5) is 0. The van der Waals surface area contributed by atoms with Crippen LogP contribution >= 0.6 is 0 Å². The molecule has 0 spiro atoms. The molecule has 1 heterocycles. The van der Waals surface area contributed by atoms with Crippen LogP contribution < -0.4 is 10.0 Å². The minimum atomic E-state index is -3.32. The van der Waals surface area contributed by atoms with Crippen LogP contribution in [0.5, 0.6) is 0 Å². The molecular formula is C15H31N3O2S. The van der Waals surface area contributed by atoms with Gasteiger partial charge in [-0.1, -0.05) is 20.8 Å². The number of nitrogens with one attached hydrogen (secondary N) is 2. The van der Waals surface area contributed by atoms with Crippen LogP contribution in [-0.4, -0.2) is 44.9 Å². The summed E-state index contributed by atoms with van der Waals surface area (Å²) >= 11 is 0. The first-order valence-electron chi connectivity index (χ1n) is 8.30. The Morgan fingerprint density at radius 1 is 1.29 bits per heavy atom. The van der Waals surface area contributed by atoms with Gasteiger partial charge in [0.05, 0.1) is 0 Å². The molecule has 0 radical (unpaired) electrons. The first-order chi connectivity index (χ1) is 9.82. The van der Waals surface area contributed by atoms with Gasteiger partial charge in [-0.05, 0) is 56.5 Å². The van der Waals surface area contributed by atoms with E-state index in [1.807, 2.05) is 0 Å². The van der Waals surface area contributed by atoms with Gasteiger partial charge in [0.25, 0.3) is 10.2 Å². The highest BCUT2D eigenvalue weighted by atomic mass is 32.2. The topological polar surface area (TPSA) is 61.4 Å². The monoisotopic (exact) mass is 317 g/mol. The molecule has 6 heteroatoms. The normalized spacial score (nSPS) is 30.6. The minimum Gasteiger partial charge on any atom is -0.317 e. The predicted molar refractivity (Wildman–Crippen MR) is 86.3 cm³/mol. The van der Waals surface area contributed by atoms with Crippen molar-refractivity contribution in [1.82, 2.24) is 14.3 Å². The third-order valence-electron chi connectivity index (χ3n) is 4.79. The van der Waals surface area contributed by atoms with E-state index in [0.29, 0.717) is 19.0 Å². The summed E-state index contributed by atoms with van der Waals surface area (Å²) in [5.74, 6) is 0.440. The molecule has 5 nitrogen and oxygen atoms in total. The maximum Gasteiger partial charge on any atom is 0.279 e. The van der Waals surface area contributed by atoms with Crippen LogP contribution in [0.4, 0.5) is 0 Å². The molecule has 1 aliphatic heterocycles. The van der Waals surface area contributed by atoms with Crippen molar-refractivity contribution in [3.05, 3.63) is 0 Å². The highest BCUT2D eigenvalue weighted by molar-refractivity contribution is 7.87. The highest BCUT2D eigenvalue weighted by Gasteiger charge is 2.36. The van der Waals surface area contributed by atoms with Crippen molar-refractivity contribution < 1.29 is 8.42 Å². The molecule has 2 aliphatic rings. The minimum absolute atomic E-state index is 0.110. The van der Waals surface area contributed by atoms with Gasteiger partial charge < -0.3 is 5.32 Å². The lowest BCUT2D eigenvalue weighted by Crippen LogP contribution is -2.49. The van der Waals surface area contributed by atoms with Gasteiger partial charge in [0.1, 0.15) is 0 Å². The quantitative estimate of drug-likeness (QED) is 0.784. The second-order valence-electron chi connectivity index (χ2n) is 7.40. The summed E-state index contributed by atoms with van der Waals surface area (Å²) in [6.07, 6.45) is 5.09. The van der Waals surface area contributed by atoms with E-state index in [2.05, 4.69) is 30.8 Å². The molecule has 2 unspecified atom stereocenters. The number of nitrogens with zero attached hydrogens (tertiary/aromatic N) is 1. The molecule has 2 fully saturated rings. The fraction of sp³-hybridized carbons (Fsp3) is 1.00. The molecule has 2 N–H and O–H groups in total. The first kappa shape index (κ1) is 17.2. The summed E-state index contributed by atoms with van der Waals surface area (Å²) < 4.78 is 29.7. The molecule has 2 rings (SSSR count). The van der Waals surface area contributed by atoms with E-state index in [1.54, 1.807) is 4.31 Å². The molecule has 21 heavy (non-hydrogen) atoms. The largest absolute Gasteiger partial charge is 0.317 e. The summed E-state index contributed by atoms with van der Waals surface area (Å²) in [5.41, 5.74) is 0.267. The van der Waals surface area contributed by atoms with Crippen molar-refractivity contribution in [3.8, 4) is 0 Å².